The van der Waals surface area contributed by atoms with Crippen LogP contribution in [0.25, 0.3) is 33.4 Å². The van der Waals surface area contributed by atoms with Gasteiger partial charge in [-0.2, -0.15) is 0 Å². The molecule has 16 rings (SSSR count). The lowest BCUT2D eigenvalue weighted by atomic mass is 9.68. The normalized spacial score (nSPS) is 14.8. The van der Waals surface area contributed by atoms with E-state index in [9.17, 15) is 0 Å². The molecule has 2 fully saturated rings. The van der Waals surface area contributed by atoms with E-state index < -0.39 is 0 Å². The van der Waals surface area contributed by atoms with Crippen LogP contribution in [0.2, 0.25) is 0 Å². The Kier molecular flexibility index (Phi) is 13.7. The third kappa shape index (κ3) is 9.29. The first kappa shape index (κ1) is 53.3. The highest BCUT2D eigenvalue weighted by molar-refractivity contribution is 5.91. The Hall–Kier alpha value is -10.2. The van der Waals surface area contributed by atoms with E-state index in [2.05, 4.69) is 323 Å². The molecule has 0 saturated heterocycles. The van der Waals surface area contributed by atoms with Crippen LogP contribution in [0.4, 0.5) is 68.2 Å². The quantitative estimate of drug-likeness (QED) is 0.114. The van der Waals surface area contributed by atoms with Crippen LogP contribution in [0, 0.1) is 0 Å². The zero-order chi connectivity index (χ0) is 58.4. The van der Waals surface area contributed by atoms with Crippen LogP contribution in [0.5, 0.6) is 0 Å². The minimum Gasteiger partial charge on any atom is -0.310 e. The van der Waals surface area contributed by atoms with Crippen molar-refractivity contribution in [1.82, 2.24) is 0 Å². The molecule has 0 aliphatic heterocycles. The molecule has 0 radical (unpaired) electrons. The fourth-order valence-electron chi connectivity index (χ4n) is 15.8. The molecule has 2 saturated carbocycles. The van der Waals surface area contributed by atoms with Crippen LogP contribution in [-0.2, 0) is 10.8 Å². The van der Waals surface area contributed by atoms with Gasteiger partial charge in [0, 0.05) is 79.1 Å². The molecule has 4 aliphatic rings. The smallest absolute Gasteiger partial charge is 0.0482 e. The number of anilines is 12. The first-order valence-corrected chi connectivity index (χ1v) is 31.9. The van der Waals surface area contributed by atoms with Gasteiger partial charge in [0.05, 0.1) is 0 Å². The lowest BCUT2D eigenvalue weighted by Gasteiger charge is -2.36. The van der Waals surface area contributed by atoms with Gasteiger partial charge in [0.25, 0.3) is 0 Å². The van der Waals surface area contributed by atoms with Crippen molar-refractivity contribution in [3.05, 3.63) is 326 Å². The highest BCUT2D eigenvalue weighted by Gasteiger charge is 2.45. The molecule has 0 atom stereocenters. The summed E-state index contributed by atoms with van der Waals surface area (Å²) in [4.78, 5) is 9.70. The molecule has 0 heterocycles. The fourth-order valence-corrected chi connectivity index (χ4v) is 15.8. The van der Waals surface area contributed by atoms with Crippen LogP contribution >= 0.6 is 0 Å². The molecule has 12 aromatic rings. The van der Waals surface area contributed by atoms with Crippen molar-refractivity contribution in [2.75, 3.05) is 19.6 Å². The van der Waals surface area contributed by atoms with E-state index in [1.54, 1.807) is 0 Å². The Balaban J connectivity index is 0.796. The summed E-state index contributed by atoms with van der Waals surface area (Å²) in [6.45, 7) is 0. The summed E-state index contributed by atoms with van der Waals surface area (Å²) in [6.07, 6.45) is 12.3. The van der Waals surface area contributed by atoms with Crippen molar-refractivity contribution in [1.29, 1.82) is 0 Å². The fraction of sp³-hybridized carbons (Fsp3) is 0.143. The SMILES string of the molecule is c1ccc(N(c2ccccc2)c2cccc(N(c3ccc(-c4ccc(N(c5cccc(N(c6ccccc6)c6ccccc6)c5)c5ccc6c(c5)C5(CCCCC5)c5ccccc5-6)cc4)cc3)c3ccc4c(c3)C3(CCCCC3)c3ccccc3-4)c2)cc1. The van der Waals surface area contributed by atoms with Gasteiger partial charge in [-0.25, -0.2) is 0 Å². The summed E-state index contributed by atoms with van der Waals surface area (Å²) in [5.41, 5.74) is 27.3. The second-order valence-electron chi connectivity index (χ2n) is 24.7. The number of nitrogens with zero attached hydrogens (tertiary/aromatic N) is 4. The van der Waals surface area contributed by atoms with Crippen LogP contribution in [0.15, 0.2) is 303 Å². The lowest BCUT2D eigenvalue weighted by Crippen LogP contribution is -2.28. The number of rotatable bonds is 13. The number of hydrogen-bond acceptors (Lipinski definition) is 4. The van der Waals surface area contributed by atoms with Gasteiger partial charge in [0.15, 0.2) is 0 Å². The minimum absolute atomic E-state index is 0.0220. The molecule has 0 aromatic heterocycles. The Morgan fingerprint density at radius 3 is 0.773 bits per heavy atom. The minimum atomic E-state index is 0.0220. The molecule has 88 heavy (non-hydrogen) atoms. The van der Waals surface area contributed by atoms with E-state index >= 15 is 0 Å². The summed E-state index contributed by atoms with van der Waals surface area (Å²) in [6, 6.07) is 113. The van der Waals surface area contributed by atoms with Gasteiger partial charge in [-0.3, -0.25) is 0 Å². The third-order valence-electron chi connectivity index (χ3n) is 19.8. The zero-order valence-electron chi connectivity index (χ0n) is 49.7. The maximum atomic E-state index is 2.54. The summed E-state index contributed by atoms with van der Waals surface area (Å²) in [5, 5.41) is 0. The number of fused-ring (bicyclic) bond motifs is 10. The summed E-state index contributed by atoms with van der Waals surface area (Å²) in [5.74, 6) is 0. The number of para-hydroxylation sites is 4. The van der Waals surface area contributed by atoms with Crippen molar-refractivity contribution in [3.8, 4) is 33.4 Å². The van der Waals surface area contributed by atoms with Crippen LogP contribution < -0.4 is 19.6 Å². The van der Waals surface area contributed by atoms with Crippen molar-refractivity contribution in [2.45, 2.75) is 75.0 Å². The van der Waals surface area contributed by atoms with Gasteiger partial charge >= 0.3 is 0 Å². The highest BCUT2D eigenvalue weighted by Crippen LogP contribution is 2.59. The monoisotopic (exact) mass is 1130 g/mol. The van der Waals surface area contributed by atoms with Crippen LogP contribution in [0.1, 0.15) is 86.5 Å². The lowest BCUT2D eigenvalue weighted by molar-refractivity contribution is 0.353. The Bertz CT molecular complexity index is 4080. The zero-order valence-corrected chi connectivity index (χ0v) is 49.7. The predicted molar refractivity (Wildman–Crippen MR) is 369 cm³/mol. The average molecular weight is 1140 g/mol. The van der Waals surface area contributed by atoms with Crippen LogP contribution in [0.3, 0.4) is 0 Å². The van der Waals surface area contributed by atoms with Crippen molar-refractivity contribution >= 4 is 68.2 Å². The molecule has 4 aliphatic carbocycles. The summed E-state index contributed by atoms with van der Waals surface area (Å²) >= 11 is 0. The number of benzene rings is 12. The average Bonchev–Trinajstić information content (AvgIpc) is 1.77. The van der Waals surface area contributed by atoms with Crippen molar-refractivity contribution < 1.29 is 0 Å². The second-order valence-corrected chi connectivity index (χ2v) is 24.7. The number of hydrogen-bond donors (Lipinski definition) is 0. The van der Waals surface area contributed by atoms with Crippen molar-refractivity contribution in [2.24, 2.45) is 0 Å². The summed E-state index contributed by atoms with van der Waals surface area (Å²) in [7, 11) is 0. The third-order valence-corrected chi connectivity index (χ3v) is 19.8. The molecular weight excluding hydrogens is 1060 g/mol. The van der Waals surface area contributed by atoms with Gasteiger partial charge in [0.1, 0.15) is 0 Å². The standard InChI is InChI=1S/C84H70N4/c1-7-25-63(26-8-1)85(64-27-9-2-10-28-64)69-33-23-35-71(57-69)87(73-49-51-77-75-37-15-17-39-79(75)83(81(77)59-73)53-19-5-20-54-83)67-45-41-61(42-46-67)62-43-47-68(48-44-62)88(72-36-24-34-70(58-72)86(65-29-11-3-12-30-65)66-31-13-4-14-32-66)74-50-52-78-76-38-16-18-40-80(76)84(82(78)60-74)55-21-6-22-56-84/h1-4,7-18,23-52,57-60H,5-6,19-22,53-56H2. The molecule has 0 bridgehead atoms. The van der Waals surface area contributed by atoms with Gasteiger partial charge in [-0.05, 0) is 215 Å². The van der Waals surface area contributed by atoms with Gasteiger partial charge in [-0.15, -0.1) is 0 Å². The first-order valence-electron chi connectivity index (χ1n) is 31.9. The molecule has 4 heteroatoms. The maximum Gasteiger partial charge on any atom is 0.0482 e. The first-order chi connectivity index (χ1) is 43.6. The Labute approximate surface area is 518 Å². The van der Waals surface area contributed by atoms with Gasteiger partial charge in [-0.1, -0.05) is 208 Å². The molecular formula is C84H70N4. The molecule has 12 aromatic carbocycles. The highest BCUT2D eigenvalue weighted by atomic mass is 15.2. The molecule has 2 spiro atoms. The van der Waals surface area contributed by atoms with Gasteiger partial charge < -0.3 is 19.6 Å². The molecule has 0 N–H and O–H groups in total. The topological polar surface area (TPSA) is 13.0 Å². The Morgan fingerprint density at radius 1 is 0.182 bits per heavy atom. The summed E-state index contributed by atoms with van der Waals surface area (Å²) < 4.78 is 0. The van der Waals surface area contributed by atoms with Crippen LogP contribution in [-0.4, -0.2) is 0 Å². The van der Waals surface area contributed by atoms with Crippen molar-refractivity contribution in [3.63, 3.8) is 0 Å². The molecule has 0 amide bonds. The maximum absolute atomic E-state index is 2.54. The second kappa shape index (κ2) is 22.6. The molecule has 4 nitrogen and oxygen atoms in total. The van der Waals surface area contributed by atoms with E-state index in [4.69, 9.17) is 0 Å². The Morgan fingerprint density at radius 2 is 0.432 bits per heavy atom. The van der Waals surface area contributed by atoms with E-state index in [0.29, 0.717) is 0 Å². The predicted octanol–water partition coefficient (Wildman–Crippen LogP) is 23.7. The van der Waals surface area contributed by atoms with E-state index in [-0.39, 0.29) is 10.8 Å². The van der Waals surface area contributed by atoms with E-state index in [1.165, 1.54) is 131 Å². The molecule has 0 unspecified atom stereocenters. The van der Waals surface area contributed by atoms with Gasteiger partial charge in [0.2, 0.25) is 0 Å². The van der Waals surface area contributed by atoms with E-state index in [1.807, 2.05) is 0 Å². The molecule has 426 valence electrons. The van der Waals surface area contributed by atoms with E-state index in [0.717, 1.165) is 56.9 Å². The largest absolute Gasteiger partial charge is 0.310 e.